The Bertz CT molecular complexity index is 877. The summed E-state index contributed by atoms with van der Waals surface area (Å²) in [6, 6.07) is 11.7. The van der Waals surface area contributed by atoms with Crippen molar-refractivity contribution in [2.24, 2.45) is 0 Å². The van der Waals surface area contributed by atoms with Gasteiger partial charge in [0.05, 0.1) is 16.8 Å². The van der Waals surface area contributed by atoms with Crippen molar-refractivity contribution in [2.45, 2.75) is 0 Å². The Morgan fingerprint density at radius 1 is 0.920 bits per heavy atom. The first kappa shape index (κ1) is 15.7. The maximum atomic E-state index is 12.4. The number of imide groups is 1. The lowest BCUT2D eigenvalue weighted by Crippen LogP contribution is -2.44. The molecule has 2 aliphatic rings. The highest BCUT2D eigenvalue weighted by Gasteiger charge is 2.36. The summed E-state index contributed by atoms with van der Waals surface area (Å²) in [5.41, 5.74) is 1.33. The molecule has 0 aliphatic carbocycles. The second-order valence-electron chi connectivity index (χ2n) is 5.75. The lowest BCUT2D eigenvalue weighted by atomic mass is 10.1. The van der Waals surface area contributed by atoms with Gasteiger partial charge in [0.1, 0.15) is 5.75 Å². The predicted molar refractivity (Wildman–Crippen MR) is 91.1 cm³/mol. The average molecular weight is 357 g/mol. The van der Waals surface area contributed by atoms with E-state index in [1.165, 1.54) is 4.90 Å². The topological polar surface area (TPSA) is 66.9 Å². The maximum absolute atomic E-state index is 12.4. The monoisotopic (exact) mass is 356 g/mol. The molecule has 0 aromatic heterocycles. The SMILES string of the molecule is O=C1c2ccccc2C(=O)N1CCN1C(=O)COc2ccc(Cl)cc21. The zero-order valence-electron chi connectivity index (χ0n) is 13.1. The summed E-state index contributed by atoms with van der Waals surface area (Å²) in [6.45, 7) is 0.196. The molecule has 0 radical (unpaired) electrons. The molecule has 126 valence electrons. The van der Waals surface area contributed by atoms with Gasteiger partial charge in [0.2, 0.25) is 0 Å². The van der Waals surface area contributed by atoms with Gasteiger partial charge < -0.3 is 9.64 Å². The predicted octanol–water partition coefficient (Wildman–Crippen LogP) is 2.36. The molecule has 25 heavy (non-hydrogen) atoms. The number of carbonyl (C=O) groups excluding carboxylic acids is 3. The molecule has 2 heterocycles. The third-order valence-electron chi connectivity index (χ3n) is 4.29. The molecular weight excluding hydrogens is 344 g/mol. The maximum Gasteiger partial charge on any atom is 0.265 e. The van der Waals surface area contributed by atoms with Gasteiger partial charge in [-0.05, 0) is 30.3 Å². The van der Waals surface area contributed by atoms with Crippen LogP contribution in [0.1, 0.15) is 20.7 Å². The largest absolute Gasteiger partial charge is 0.482 e. The second kappa shape index (κ2) is 5.89. The minimum absolute atomic E-state index is 0.0866. The Hall–Kier alpha value is -2.86. The van der Waals surface area contributed by atoms with Crippen molar-refractivity contribution in [3.63, 3.8) is 0 Å². The van der Waals surface area contributed by atoms with E-state index in [2.05, 4.69) is 0 Å². The van der Waals surface area contributed by atoms with Crippen LogP contribution in [-0.2, 0) is 4.79 Å². The van der Waals surface area contributed by atoms with E-state index >= 15 is 0 Å². The number of hydrogen-bond acceptors (Lipinski definition) is 4. The fraction of sp³-hybridized carbons (Fsp3) is 0.167. The summed E-state index contributed by atoms with van der Waals surface area (Å²) in [6.07, 6.45) is 0. The first-order valence-corrected chi connectivity index (χ1v) is 8.12. The summed E-state index contributed by atoms with van der Waals surface area (Å²) in [5, 5.41) is 0.475. The molecule has 0 spiro atoms. The number of ether oxygens (including phenoxy) is 1. The molecule has 3 amide bonds. The van der Waals surface area contributed by atoms with Crippen molar-refractivity contribution in [2.75, 3.05) is 24.6 Å². The standard InChI is InChI=1S/C18H13ClN2O4/c19-11-5-6-15-14(9-11)20(16(22)10-25-15)7-8-21-17(23)12-3-1-2-4-13(12)18(21)24/h1-6,9H,7-8,10H2. The van der Waals surface area contributed by atoms with Gasteiger partial charge in [-0.3, -0.25) is 19.3 Å². The zero-order chi connectivity index (χ0) is 17.6. The molecule has 2 aromatic rings. The third kappa shape index (κ3) is 2.55. The molecule has 0 fully saturated rings. The van der Waals surface area contributed by atoms with Crippen molar-refractivity contribution in [3.8, 4) is 5.75 Å². The molecule has 0 unspecified atom stereocenters. The molecule has 0 saturated heterocycles. The number of rotatable bonds is 3. The van der Waals surface area contributed by atoms with E-state index in [4.69, 9.17) is 16.3 Å². The van der Waals surface area contributed by atoms with Gasteiger partial charge in [-0.1, -0.05) is 23.7 Å². The smallest absolute Gasteiger partial charge is 0.265 e. The van der Waals surface area contributed by atoms with Crippen LogP contribution in [0, 0.1) is 0 Å². The zero-order valence-corrected chi connectivity index (χ0v) is 13.8. The fourth-order valence-electron chi connectivity index (χ4n) is 3.06. The normalized spacial score (nSPS) is 16.0. The van der Waals surface area contributed by atoms with Crippen molar-refractivity contribution < 1.29 is 19.1 Å². The summed E-state index contributed by atoms with van der Waals surface area (Å²) < 4.78 is 5.39. The Balaban J connectivity index is 1.57. The highest BCUT2D eigenvalue weighted by Crippen LogP contribution is 2.34. The van der Waals surface area contributed by atoms with Crippen molar-refractivity contribution in [1.29, 1.82) is 0 Å². The van der Waals surface area contributed by atoms with Gasteiger partial charge in [0.15, 0.2) is 6.61 Å². The van der Waals surface area contributed by atoms with Crippen LogP contribution in [0.5, 0.6) is 5.75 Å². The minimum Gasteiger partial charge on any atom is -0.482 e. The van der Waals surface area contributed by atoms with Crippen LogP contribution < -0.4 is 9.64 Å². The van der Waals surface area contributed by atoms with E-state index in [9.17, 15) is 14.4 Å². The van der Waals surface area contributed by atoms with Gasteiger partial charge in [0, 0.05) is 18.1 Å². The van der Waals surface area contributed by atoms with Crippen molar-refractivity contribution in [1.82, 2.24) is 4.90 Å². The minimum atomic E-state index is -0.340. The molecular formula is C18H13ClN2O4. The van der Waals surface area contributed by atoms with Crippen LogP contribution in [0.3, 0.4) is 0 Å². The average Bonchev–Trinajstić information content (AvgIpc) is 2.86. The number of fused-ring (bicyclic) bond motifs is 2. The van der Waals surface area contributed by atoms with E-state index < -0.39 is 0 Å². The number of carbonyl (C=O) groups is 3. The molecule has 2 aromatic carbocycles. The summed E-state index contributed by atoms with van der Waals surface area (Å²) in [7, 11) is 0. The first-order chi connectivity index (χ1) is 12.1. The quantitative estimate of drug-likeness (QED) is 0.792. The van der Waals surface area contributed by atoms with E-state index in [1.807, 2.05) is 0 Å². The summed E-state index contributed by atoms with van der Waals surface area (Å²) >= 11 is 6.01. The van der Waals surface area contributed by atoms with E-state index in [1.54, 1.807) is 42.5 Å². The molecule has 7 heteroatoms. The van der Waals surface area contributed by atoms with Crippen LogP contribution in [0.4, 0.5) is 5.69 Å². The van der Waals surface area contributed by atoms with Gasteiger partial charge in [-0.2, -0.15) is 0 Å². The summed E-state index contributed by atoms with van der Waals surface area (Å²) in [4.78, 5) is 39.7. The number of nitrogens with zero attached hydrogens (tertiary/aromatic N) is 2. The number of anilines is 1. The highest BCUT2D eigenvalue weighted by molar-refractivity contribution is 6.31. The number of hydrogen-bond donors (Lipinski definition) is 0. The molecule has 0 bridgehead atoms. The van der Waals surface area contributed by atoms with Crippen LogP contribution in [0.2, 0.25) is 5.02 Å². The molecule has 0 atom stereocenters. The van der Waals surface area contributed by atoms with Crippen LogP contribution >= 0.6 is 11.6 Å². The Morgan fingerprint density at radius 3 is 2.24 bits per heavy atom. The number of amides is 3. The highest BCUT2D eigenvalue weighted by atomic mass is 35.5. The Kier molecular flexibility index (Phi) is 3.69. The van der Waals surface area contributed by atoms with E-state index in [0.717, 1.165) is 4.90 Å². The van der Waals surface area contributed by atoms with E-state index in [-0.39, 0.29) is 37.4 Å². The van der Waals surface area contributed by atoms with Crippen molar-refractivity contribution >= 4 is 35.0 Å². The fourth-order valence-corrected chi connectivity index (χ4v) is 3.23. The van der Waals surface area contributed by atoms with Crippen molar-refractivity contribution in [3.05, 3.63) is 58.6 Å². The van der Waals surface area contributed by atoms with E-state index in [0.29, 0.717) is 27.6 Å². The lowest BCUT2D eigenvalue weighted by Gasteiger charge is -2.30. The van der Waals surface area contributed by atoms with Gasteiger partial charge in [-0.25, -0.2) is 0 Å². The second-order valence-corrected chi connectivity index (χ2v) is 6.19. The van der Waals surface area contributed by atoms with Gasteiger partial charge in [-0.15, -0.1) is 0 Å². The molecule has 0 saturated carbocycles. The number of halogens is 1. The van der Waals surface area contributed by atoms with Crippen LogP contribution in [-0.4, -0.2) is 42.3 Å². The summed E-state index contributed by atoms with van der Waals surface area (Å²) in [5.74, 6) is -0.377. The third-order valence-corrected chi connectivity index (χ3v) is 4.52. The van der Waals surface area contributed by atoms with Gasteiger partial charge >= 0.3 is 0 Å². The Morgan fingerprint density at radius 2 is 1.56 bits per heavy atom. The molecule has 6 nitrogen and oxygen atoms in total. The van der Waals surface area contributed by atoms with Crippen LogP contribution in [0.15, 0.2) is 42.5 Å². The Labute approximate surface area is 148 Å². The lowest BCUT2D eigenvalue weighted by molar-refractivity contribution is -0.121. The van der Waals surface area contributed by atoms with Crippen LogP contribution in [0.25, 0.3) is 0 Å². The first-order valence-electron chi connectivity index (χ1n) is 7.74. The molecule has 2 aliphatic heterocycles. The molecule has 4 rings (SSSR count). The number of benzene rings is 2. The molecule has 0 N–H and O–H groups in total. The van der Waals surface area contributed by atoms with Gasteiger partial charge in [0.25, 0.3) is 17.7 Å².